The molecule has 0 aliphatic heterocycles. The lowest BCUT2D eigenvalue weighted by atomic mass is 9.99. The highest BCUT2D eigenvalue weighted by molar-refractivity contribution is 5.65. The fourth-order valence-corrected chi connectivity index (χ4v) is 2.17. The van der Waals surface area contributed by atoms with Crippen molar-refractivity contribution in [3.05, 3.63) is 5.69 Å². The Labute approximate surface area is 97.2 Å². The maximum absolute atomic E-state index is 6.06. The molecule has 2 rings (SSSR count). The molecule has 0 bridgehead atoms. The van der Waals surface area contributed by atoms with Gasteiger partial charge in [0, 0.05) is 12.1 Å². The van der Waals surface area contributed by atoms with E-state index in [2.05, 4.69) is 31.2 Å². The van der Waals surface area contributed by atoms with Crippen LogP contribution in [0.5, 0.6) is 0 Å². The molecule has 0 unspecified atom stereocenters. The number of rotatable bonds is 4. The fraction of sp³-hybridized carbons (Fsp3) is 0.750. The van der Waals surface area contributed by atoms with Crippen LogP contribution in [0.1, 0.15) is 39.3 Å². The van der Waals surface area contributed by atoms with Gasteiger partial charge in [0.1, 0.15) is 5.82 Å². The zero-order valence-corrected chi connectivity index (χ0v) is 10.7. The van der Waals surface area contributed by atoms with E-state index >= 15 is 0 Å². The number of anilines is 2. The molecule has 0 aromatic carbocycles. The summed E-state index contributed by atoms with van der Waals surface area (Å²) in [4.78, 5) is 0. The molecule has 90 valence electrons. The molecule has 1 fully saturated rings. The molecule has 3 N–H and O–H groups in total. The summed E-state index contributed by atoms with van der Waals surface area (Å²) in [6.45, 7) is 9.37. The van der Waals surface area contributed by atoms with Gasteiger partial charge in [-0.15, -0.1) is 0 Å². The van der Waals surface area contributed by atoms with E-state index in [1.807, 2.05) is 11.6 Å². The predicted molar refractivity (Wildman–Crippen MR) is 67.5 cm³/mol. The van der Waals surface area contributed by atoms with Crippen molar-refractivity contribution in [2.75, 3.05) is 11.1 Å². The van der Waals surface area contributed by atoms with Crippen LogP contribution in [0.4, 0.5) is 11.5 Å². The van der Waals surface area contributed by atoms with E-state index in [1.54, 1.807) is 0 Å². The molecule has 1 aromatic rings. The maximum Gasteiger partial charge on any atom is 0.148 e. The second-order valence-corrected chi connectivity index (χ2v) is 5.28. The number of nitrogens with zero attached hydrogens (tertiary/aromatic N) is 2. The summed E-state index contributed by atoms with van der Waals surface area (Å²) in [7, 11) is 0. The molecular weight excluding hydrogens is 200 g/mol. The first kappa shape index (κ1) is 11.3. The van der Waals surface area contributed by atoms with Crippen molar-refractivity contribution in [1.29, 1.82) is 0 Å². The van der Waals surface area contributed by atoms with Crippen LogP contribution in [0.15, 0.2) is 0 Å². The SMILES string of the molecule is CCn1nc(C)c(N)c1NC(C)(C)C1CC1. The Hall–Kier alpha value is -1.19. The van der Waals surface area contributed by atoms with E-state index in [9.17, 15) is 0 Å². The van der Waals surface area contributed by atoms with Crippen molar-refractivity contribution in [1.82, 2.24) is 9.78 Å². The first-order valence-electron chi connectivity index (χ1n) is 6.06. The average Bonchev–Trinajstić information content (AvgIpc) is 3.02. The van der Waals surface area contributed by atoms with Gasteiger partial charge < -0.3 is 11.1 Å². The zero-order valence-electron chi connectivity index (χ0n) is 10.7. The van der Waals surface area contributed by atoms with Crippen LogP contribution in [-0.2, 0) is 6.54 Å². The summed E-state index contributed by atoms with van der Waals surface area (Å²) >= 11 is 0. The molecule has 0 spiro atoms. The largest absolute Gasteiger partial charge is 0.394 e. The molecule has 16 heavy (non-hydrogen) atoms. The standard InChI is InChI=1S/C12H22N4/c1-5-16-11(10(13)8(2)15-16)14-12(3,4)9-6-7-9/h9,14H,5-7,13H2,1-4H3. The third kappa shape index (κ3) is 1.88. The highest BCUT2D eigenvalue weighted by Gasteiger charge is 2.38. The van der Waals surface area contributed by atoms with E-state index in [-0.39, 0.29) is 5.54 Å². The van der Waals surface area contributed by atoms with Gasteiger partial charge in [0.25, 0.3) is 0 Å². The van der Waals surface area contributed by atoms with Gasteiger partial charge in [0.05, 0.1) is 11.4 Å². The Morgan fingerprint density at radius 3 is 2.62 bits per heavy atom. The summed E-state index contributed by atoms with van der Waals surface area (Å²) in [5.74, 6) is 1.75. The Balaban J connectivity index is 2.25. The average molecular weight is 222 g/mol. The van der Waals surface area contributed by atoms with Crippen molar-refractivity contribution in [3.63, 3.8) is 0 Å². The number of aromatic nitrogens is 2. The molecule has 4 heteroatoms. The minimum atomic E-state index is 0.119. The Bertz CT molecular complexity index is 388. The molecule has 0 amide bonds. The topological polar surface area (TPSA) is 55.9 Å². The molecule has 1 saturated carbocycles. The molecule has 0 atom stereocenters. The van der Waals surface area contributed by atoms with E-state index in [1.165, 1.54) is 12.8 Å². The number of hydrogen-bond donors (Lipinski definition) is 2. The van der Waals surface area contributed by atoms with Crippen LogP contribution in [0.2, 0.25) is 0 Å². The van der Waals surface area contributed by atoms with E-state index in [0.29, 0.717) is 0 Å². The zero-order chi connectivity index (χ0) is 11.9. The van der Waals surface area contributed by atoms with Gasteiger partial charge in [-0.05, 0) is 46.5 Å². The molecule has 0 saturated heterocycles. The van der Waals surface area contributed by atoms with Crippen LogP contribution in [0, 0.1) is 12.8 Å². The van der Waals surface area contributed by atoms with Gasteiger partial charge in [-0.3, -0.25) is 0 Å². The molecule has 1 heterocycles. The second kappa shape index (κ2) is 3.68. The van der Waals surface area contributed by atoms with Gasteiger partial charge in [0.2, 0.25) is 0 Å². The number of nitrogens with one attached hydrogen (secondary N) is 1. The molecular formula is C12H22N4. The number of nitrogens with two attached hydrogens (primary N) is 1. The van der Waals surface area contributed by atoms with Crippen LogP contribution >= 0.6 is 0 Å². The highest BCUT2D eigenvalue weighted by Crippen LogP contribution is 2.42. The van der Waals surface area contributed by atoms with Gasteiger partial charge >= 0.3 is 0 Å². The normalized spacial score (nSPS) is 16.5. The minimum absolute atomic E-state index is 0.119. The van der Waals surface area contributed by atoms with Crippen molar-refractivity contribution in [2.45, 2.75) is 52.6 Å². The van der Waals surface area contributed by atoms with E-state index < -0.39 is 0 Å². The number of nitrogen functional groups attached to an aromatic ring is 1. The first-order chi connectivity index (χ1) is 7.45. The Kier molecular flexibility index (Phi) is 2.60. The van der Waals surface area contributed by atoms with Crippen LogP contribution in [-0.4, -0.2) is 15.3 Å². The van der Waals surface area contributed by atoms with E-state index in [0.717, 1.165) is 29.7 Å². The van der Waals surface area contributed by atoms with Crippen LogP contribution in [0.25, 0.3) is 0 Å². The molecule has 4 nitrogen and oxygen atoms in total. The van der Waals surface area contributed by atoms with Gasteiger partial charge in [-0.25, -0.2) is 4.68 Å². The predicted octanol–water partition coefficient (Wildman–Crippen LogP) is 2.39. The maximum atomic E-state index is 6.06. The summed E-state index contributed by atoms with van der Waals surface area (Å²) < 4.78 is 1.95. The minimum Gasteiger partial charge on any atom is -0.394 e. The lowest BCUT2D eigenvalue weighted by Gasteiger charge is -2.28. The molecule has 0 radical (unpaired) electrons. The summed E-state index contributed by atoms with van der Waals surface area (Å²) in [5.41, 5.74) is 7.88. The second-order valence-electron chi connectivity index (χ2n) is 5.28. The lowest BCUT2D eigenvalue weighted by molar-refractivity contribution is 0.485. The van der Waals surface area contributed by atoms with Gasteiger partial charge in [0.15, 0.2) is 0 Å². The number of hydrogen-bond acceptors (Lipinski definition) is 3. The number of aryl methyl sites for hydroxylation is 2. The smallest absolute Gasteiger partial charge is 0.148 e. The fourth-order valence-electron chi connectivity index (χ4n) is 2.17. The quantitative estimate of drug-likeness (QED) is 0.822. The van der Waals surface area contributed by atoms with Gasteiger partial charge in [-0.2, -0.15) is 5.10 Å². The van der Waals surface area contributed by atoms with Crippen molar-refractivity contribution in [3.8, 4) is 0 Å². The van der Waals surface area contributed by atoms with Crippen LogP contribution < -0.4 is 11.1 Å². The third-order valence-corrected chi connectivity index (χ3v) is 3.51. The van der Waals surface area contributed by atoms with E-state index in [4.69, 9.17) is 5.73 Å². The Morgan fingerprint density at radius 2 is 2.12 bits per heavy atom. The first-order valence-corrected chi connectivity index (χ1v) is 6.06. The summed E-state index contributed by atoms with van der Waals surface area (Å²) in [6, 6.07) is 0. The van der Waals surface area contributed by atoms with Crippen molar-refractivity contribution in [2.24, 2.45) is 5.92 Å². The molecule has 1 aliphatic carbocycles. The molecule has 1 aromatic heterocycles. The Morgan fingerprint density at radius 1 is 1.50 bits per heavy atom. The van der Waals surface area contributed by atoms with Crippen molar-refractivity contribution >= 4 is 11.5 Å². The highest BCUT2D eigenvalue weighted by atomic mass is 15.3. The van der Waals surface area contributed by atoms with Gasteiger partial charge in [-0.1, -0.05) is 0 Å². The lowest BCUT2D eigenvalue weighted by Crippen LogP contribution is -2.34. The summed E-state index contributed by atoms with van der Waals surface area (Å²) in [5, 5.41) is 7.99. The van der Waals surface area contributed by atoms with Crippen LogP contribution in [0.3, 0.4) is 0 Å². The third-order valence-electron chi connectivity index (χ3n) is 3.51. The summed E-state index contributed by atoms with van der Waals surface area (Å²) in [6.07, 6.45) is 2.64. The molecule has 1 aliphatic rings. The monoisotopic (exact) mass is 222 g/mol. The van der Waals surface area contributed by atoms with Crippen molar-refractivity contribution < 1.29 is 0 Å².